The Hall–Kier alpha value is -3.08. The molecule has 0 aromatic heterocycles. The lowest BCUT2D eigenvalue weighted by Gasteiger charge is -2.30. The van der Waals surface area contributed by atoms with Crippen LogP contribution in [0, 0.1) is 17.2 Å². The van der Waals surface area contributed by atoms with Gasteiger partial charge < -0.3 is 14.4 Å². The molecule has 0 saturated carbocycles. The number of nitrogens with zero attached hydrogens (tertiary/aromatic N) is 3. The fraction of sp³-hybridized carbons (Fsp3) is 0.474. The molecule has 1 aromatic rings. The van der Waals surface area contributed by atoms with Gasteiger partial charge in [0.25, 0.3) is 5.91 Å². The highest BCUT2D eigenvalue weighted by atomic mass is 16.5. The number of amides is 3. The van der Waals surface area contributed by atoms with E-state index in [1.165, 1.54) is 18.1 Å². The third kappa shape index (κ3) is 3.33. The van der Waals surface area contributed by atoms with Crippen molar-refractivity contribution in [2.45, 2.75) is 38.8 Å². The molecule has 2 saturated heterocycles. The summed E-state index contributed by atoms with van der Waals surface area (Å²) >= 11 is 0. The monoisotopic (exact) mass is 371 g/mol. The smallest absolute Gasteiger partial charge is 0.332 e. The lowest BCUT2D eigenvalue weighted by atomic mass is 9.91. The van der Waals surface area contributed by atoms with Crippen molar-refractivity contribution in [3.63, 3.8) is 0 Å². The van der Waals surface area contributed by atoms with Crippen LogP contribution in [0.4, 0.5) is 10.5 Å². The van der Waals surface area contributed by atoms with E-state index in [2.05, 4.69) is 0 Å². The molecule has 1 aromatic carbocycles. The van der Waals surface area contributed by atoms with Crippen LogP contribution in [-0.4, -0.2) is 48.6 Å². The Balaban J connectivity index is 1.88. The molecule has 2 aliphatic heterocycles. The van der Waals surface area contributed by atoms with Gasteiger partial charge in [0.15, 0.2) is 0 Å². The summed E-state index contributed by atoms with van der Waals surface area (Å²) in [5, 5.41) is 9.38. The number of imide groups is 1. The minimum absolute atomic E-state index is 0.109. The van der Waals surface area contributed by atoms with Gasteiger partial charge in [0, 0.05) is 6.54 Å². The van der Waals surface area contributed by atoms with Crippen LogP contribution in [0.2, 0.25) is 0 Å². The van der Waals surface area contributed by atoms with Crippen LogP contribution in [0.25, 0.3) is 0 Å². The summed E-state index contributed by atoms with van der Waals surface area (Å²) in [6.45, 7) is 4.00. The van der Waals surface area contributed by atoms with Crippen molar-refractivity contribution in [3.05, 3.63) is 23.8 Å². The molecular formula is C19H21N3O5. The normalized spacial score (nSPS) is 21.9. The van der Waals surface area contributed by atoms with E-state index in [0.29, 0.717) is 24.4 Å². The predicted octanol–water partition coefficient (Wildman–Crippen LogP) is 2.07. The number of hydrogen-bond donors (Lipinski definition) is 0. The van der Waals surface area contributed by atoms with Gasteiger partial charge in [-0.2, -0.15) is 5.26 Å². The summed E-state index contributed by atoms with van der Waals surface area (Å²) in [5.74, 6) is -0.756. The van der Waals surface area contributed by atoms with Gasteiger partial charge in [-0.3, -0.25) is 9.59 Å². The SMILES string of the molecule is COC(=O)C1CCN2C(=O)N(c3ccc(OC(C)C)c(C#N)c3)C(=O)C2C1. The zero-order valence-electron chi connectivity index (χ0n) is 15.5. The molecule has 2 heterocycles. The van der Waals surface area contributed by atoms with Crippen molar-refractivity contribution in [1.82, 2.24) is 4.90 Å². The van der Waals surface area contributed by atoms with Crippen LogP contribution >= 0.6 is 0 Å². The number of esters is 1. The number of benzene rings is 1. The molecule has 0 bridgehead atoms. The Labute approximate surface area is 157 Å². The molecule has 2 unspecified atom stereocenters. The number of hydrogen-bond acceptors (Lipinski definition) is 6. The zero-order chi connectivity index (χ0) is 19.7. The molecule has 0 spiro atoms. The maximum absolute atomic E-state index is 12.9. The first-order chi connectivity index (χ1) is 12.9. The first kappa shape index (κ1) is 18.7. The maximum atomic E-state index is 12.9. The molecule has 3 amide bonds. The molecule has 2 aliphatic rings. The number of carbonyl (C=O) groups is 3. The molecule has 8 nitrogen and oxygen atoms in total. The van der Waals surface area contributed by atoms with Crippen LogP contribution in [0.15, 0.2) is 18.2 Å². The lowest BCUT2D eigenvalue weighted by molar-refractivity contribution is -0.147. The third-order valence-corrected chi connectivity index (χ3v) is 4.78. The Morgan fingerprint density at radius 3 is 2.70 bits per heavy atom. The van der Waals surface area contributed by atoms with Crippen molar-refractivity contribution < 1.29 is 23.9 Å². The van der Waals surface area contributed by atoms with Gasteiger partial charge in [-0.1, -0.05) is 0 Å². The quantitative estimate of drug-likeness (QED) is 0.593. The number of anilines is 1. The van der Waals surface area contributed by atoms with Gasteiger partial charge in [-0.05, 0) is 44.9 Å². The minimum Gasteiger partial charge on any atom is -0.490 e. The average Bonchev–Trinajstić information content (AvgIpc) is 2.91. The highest BCUT2D eigenvalue weighted by molar-refractivity contribution is 6.21. The maximum Gasteiger partial charge on any atom is 0.332 e. The molecule has 0 radical (unpaired) electrons. The predicted molar refractivity (Wildman–Crippen MR) is 95.0 cm³/mol. The van der Waals surface area contributed by atoms with E-state index in [0.717, 1.165) is 4.90 Å². The van der Waals surface area contributed by atoms with Crippen molar-refractivity contribution >= 4 is 23.6 Å². The topological polar surface area (TPSA) is 99.9 Å². The van der Waals surface area contributed by atoms with Crippen LogP contribution < -0.4 is 9.64 Å². The molecule has 2 atom stereocenters. The fourth-order valence-corrected chi connectivity index (χ4v) is 3.52. The number of piperidine rings is 1. The number of rotatable bonds is 4. The largest absolute Gasteiger partial charge is 0.490 e. The van der Waals surface area contributed by atoms with E-state index in [4.69, 9.17) is 9.47 Å². The highest BCUT2D eigenvalue weighted by Crippen LogP contribution is 2.35. The lowest BCUT2D eigenvalue weighted by Crippen LogP contribution is -2.44. The molecule has 2 fully saturated rings. The summed E-state index contributed by atoms with van der Waals surface area (Å²) < 4.78 is 10.4. The summed E-state index contributed by atoms with van der Waals surface area (Å²) in [4.78, 5) is 40.0. The number of ether oxygens (including phenoxy) is 2. The van der Waals surface area contributed by atoms with Gasteiger partial charge in [0.2, 0.25) is 0 Å². The molecular weight excluding hydrogens is 350 g/mol. The van der Waals surface area contributed by atoms with E-state index in [9.17, 15) is 19.6 Å². The Bertz CT molecular complexity index is 829. The fourth-order valence-electron chi connectivity index (χ4n) is 3.52. The van der Waals surface area contributed by atoms with Crippen LogP contribution in [0.3, 0.4) is 0 Å². The number of methoxy groups -OCH3 is 1. The van der Waals surface area contributed by atoms with Gasteiger partial charge >= 0.3 is 12.0 Å². The number of fused-ring (bicyclic) bond motifs is 1. The van der Waals surface area contributed by atoms with Crippen LogP contribution in [-0.2, 0) is 14.3 Å². The minimum atomic E-state index is -0.688. The first-order valence-electron chi connectivity index (χ1n) is 8.80. The highest BCUT2D eigenvalue weighted by Gasteiger charge is 2.49. The molecule has 142 valence electrons. The Kier molecular flexibility index (Phi) is 5.04. The van der Waals surface area contributed by atoms with E-state index < -0.39 is 23.9 Å². The number of carbonyl (C=O) groups excluding carboxylic acids is 3. The molecule has 27 heavy (non-hydrogen) atoms. The van der Waals surface area contributed by atoms with Gasteiger partial charge in [0.1, 0.15) is 17.9 Å². The van der Waals surface area contributed by atoms with Gasteiger partial charge in [-0.25, -0.2) is 9.69 Å². The van der Waals surface area contributed by atoms with Crippen molar-refractivity contribution in [2.75, 3.05) is 18.6 Å². The van der Waals surface area contributed by atoms with E-state index in [1.807, 2.05) is 19.9 Å². The van der Waals surface area contributed by atoms with Crippen molar-refractivity contribution in [2.24, 2.45) is 5.92 Å². The second kappa shape index (κ2) is 7.27. The van der Waals surface area contributed by atoms with Crippen molar-refractivity contribution in [3.8, 4) is 11.8 Å². The standard InChI is InChI=1S/C19H21N3O5/c1-11(2)27-16-5-4-14(8-13(16)10-20)22-17(23)15-9-12(18(24)26-3)6-7-21(15)19(22)25/h4-5,8,11-12,15H,6-7,9H2,1-3H3. The second-order valence-corrected chi connectivity index (χ2v) is 6.87. The Morgan fingerprint density at radius 1 is 1.33 bits per heavy atom. The number of nitriles is 1. The number of urea groups is 1. The Morgan fingerprint density at radius 2 is 2.07 bits per heavy atom. The van der Waals surface area contributed by atoms with E-state index in [1.54, 1.807) is 12.1 Å². The first-order valence-corrected chi connectivity index (χ1v) is 8.80. The second-order valence-electron chi connectivity index (χ2n) is 6.87. The third-order valence-electron chi connectivity index (χ3n) is 4.78. The molecule has 0 N–H and O–H groups in total. The van der Waals surface area contributed by atoms with Gasteiger partial charge in [-0.15, -0.1) is 0 Å². The molecule has 3 rings (SSSR count). The van der Waals surface area contributed by atoms with Crippen molar-refractivity contribution in [1.29, 1.82) is 5.26 Å². The van der Waals surface area contributed by atoms with E-state index in [-0.39, 0.29) is 24.1 Å². The molecule has 0 aliphatic carbocycles. The van der Waals surface area contributed by atoms with Crippen LogP contribution in [0.1, 0.15) is 32.3 Å². The zero-order valence-corrected chi connectivity index (χ0v) is 15.5. The van der Waals surface area contributed by atoms with E-state index >= 15 is 0 Å². The van der Waals surface area contributed by atoms with Crippen LogP contribution in [0.5, 0.6) is 5.75 Å². The molecule has 8 heteroatoms. The summed E-state index contributed by atoms with van der Waals surface area (Å²) in [6.07, 6.45) is 0.593. The van der Waals surface area contributed by atoms with Gasteiger partial charge in [0.05, 0.1) is 30.4 Å². The summed E-state index contributed by atoms with van der Waals surface area (Å²) in [6, 6.07) is 5.56. The average molecular weight is 371 g/mol. The summed E-state index contributed by atoms with van der Waals surface area (Å²) in [5.41, 5.74) is 0.570. The summed E-state index contributed by atoms with van der Waals surface area (Å²) in [7, 11) is 1.31.